The predicted octanol–water partition coefficient (Wildman–Crippen LogP) is 3.01. The van der Waals surface area contributed by atoms with Gasteiger partial charge < -0.3 is 20.7 Å². The second-order valence-electron chi connectivity index (χ2n) is 5.98. The van der Waals surface area contributed by atoms with Crippen molar-refractivity contribution in [3.8, 4) is 0 Å². The number of hydrogen-bond donors (Lipinski definition) is 3. The Balaban J connectivity index is 1.93. The van der Waals surface area contributed by atoms with Crippen LogP contribution < -0.4 is 16.0 Å². The minimum atomic E-state index is -0.471. The first kappa shape index (κ1) is 21.0. The fourth-order valence-corrected chi connectivity index (χ4v) is 2.57. The predicted molar refractivity (Wildman–Crippen MR) is 111 cm³/mol. The lowest BCUT2D eigenvalue weighted by Crippen LogP contribution is -2.34. The third-order valence-electron chi connectivity index (χ3n) is 3.70. The maximum absolute atomic E-state index is 12.4. The van der Waals surface area contributed by atoms with E-state index in [9.17, 15) is 14.4 Å². The fraction of sp³-hybridized carbons (Fsp3) is 0.200. The maximum atomic E-state index is 12.4. The van der Waals surface area contributed by atoms with Crippen molar-refractivity contribution >= 4 is 46.5 Å². The first-order valence-electron chi connectivity index (χ1n) is 8.53. The third-order valence-corrected chi connectivity index (χ3v) is 3.90. The van der Waals surface area contributed by atoms with E-state index < -0.39 is 11.9 Å². The molecule has 0 saturated heterocycles. The number of carbonyl (C=O) groups excluding carboxylic acids is 3. The van der Waals surface area contributed by atoms with Gasteiger partial charge in [0.1, 0.15) is 0 Å². The van der Waals surface area contributed by atoms with Gasteiger partial charge >= 0.3 is 5.97 Å². The summed E-state index contributed by atoms with van der Waals surface area (Å²) in [6, 6.07) is 14.2. The highest BCUT2D eigenvalue weighted by atomic mass is 32.1. The van der Waals surface area contributed by atoms with Gasteiger partial charge in [0.25, 0.3) is 5.91 Å². The van der Waals surface area contributed by atoms with Gasteiger partial charge in [-0.3, -0.25) is 14.4 Å². The lowest BCUT2D eigenvalue weighted by molar-refractivity contribution is -0.142. The summed E-state index contributed by atoms with van der Waals surface area (Å²) in [5.41, 5.74) is 2.74. The van der Waals surface area contributed by atoms with Crippen LogP contribution in [0.1, 0.15) is 28.8 Å². The second-order valence-corrected chi connectivity index (χ2v) is 6.39. The maximum Gasteiger partial charge on any atom is 0.306 e. The minimum Gasteiger partial charge on any atom is -0.469 e. The molecule has 2 rings (SSSR count). The Hall–Kier alpha value is -3.26. The summed E-state index contributed by atoms with van der Waals surface area (Å²) in [6.07, 6.45) is -0.0625. The molecule has 0 atom stereocenters. The van der Waals surface area contributed by atoms with Crippen LogP contribution in [0.2, 0.25) is 0 Å². The molecule has 0 fully saturated rings. The first-order valence-corrected chi connectivity index (χ1v) is 8.94. The average Bonchev–Trinajstić information content (AvgIpc) is 2.66. The highest BCUT2D eigenvalue weighted by molar-refractivity contribution is 7.80. The van der Waals surface area contributed by atoms with Crippen LogP contribution in [0.5, 0.6) is 0 Å². The molecule has 0 heterocycles. The van der Waals surface area contributed by atoms with Crippen LogP contribution in [-0.2, 0) is 14.3 Å². The summed E-state index contributed by atoms with van der Waals surface area (Å²) in [4.78, 5) is 35.2. The van der Waals surface area contributed by atoms with Crippen LogP contribution in [0.25, 0.3) is 0 Å². The normalized spacial score (nSPS) is 9.93. The van der Waals surface area contributed by atoms with Gasteiger partial charge in [-0.1, -0.05) is 18.2 Å². The van der Waals surface area contributed by atoms with E-state index in [2.05, 4.69) is 20.7 Å². The molecule has 0 bridgehead atoms. The van der Waals surface area contributed by atoms with Crippen molar-refractivity contribution in [2.75, 3.05) is 17.7 Å². The van der Waals surface area contributed by atoms with E-state index >= 15 is 0 Å². The molecule has 2 aromatic rings. The Bertz CT molecular complexity index is 899. The van der Waals surface area contributed by atoms with Gasteiger partial charge in [0.15, 0.2) is 5.11 Å². The van der Waals surface area contributed by atoms with E-state index in [-0.39, 0.29) is 23.9 Å². The Morgan fingerprint density at radius 2 is 1.64 bits per heavy atom. The minimum absolute atomic E-state index is 0.0282. The largest absolute Gasteiger partial charge is 0.469 e. The smallest absolute Gasteiger partial charge is 0.306 e. The van der Waals surface area contributed by atoms with E-state index in [4.69, 9.17) is 12.2 Å². The lowest BCUT2D eigenvalue weighted by atomic mass is 10.1. The molecular formula is C20H21N3O4S. The molecule has 0 saturated carbocycles. The Morgan fingerprint density at radius 1 is 0.964 bits per heavy atom. The third kappa shape index (κ3) is 6.81. The van der Waals surface area contributed by atoms with Gasteiger partial charge in [-0.2, -0.15) is 0 Å². The number of carbonyl (C=O) groups is 3. The van der Waals surface area contributed by atoms with E-state index in [1.807, 2.05) is 31.2 Å². The summed E-state index contributed by atoms with van der Waals surface area (Å²) in [6.45, 7) is 1.95. The number of methoxy groups -OCH3 is 1. The fourth-order valence-electron chi connectivity index (χ4n) is 2.33. The number of nitrogens with one attached hydrogen (secondary N) is 3. The highest BCUT2D eigenvalue weighted by Crippen LogP contribution is 2.14. The number of esters is 1. The molecule has 0 aliphatic rings. The number of benzene rings is 2. The number of aryl methyl sites for hydroxylation is 1. The van der Waals surface area contributed by atoms with Crippen molar-refractivity contribution in [1.29, 1.82) is 0 Å². The zero-order chi connectivity index (χ0) is 20.5. The van der Waals surface area contributed by atoms with Gasteiger partial charge in [-0.15, -0.1) is 0 Å². The molecule has 28 heavy (non-hydrogen) atoms. The number of ether oxygens (including phenoxy) is 1. The molecule has 0 spiro atoms. The molecule has 0 aromatic heterocycles. The van der Waals surface area contributed by atoms with Crippen molar-refractivity contribution in [3.63, 3.8) is 0 Å². The SMILES string of the molecule is COC(=O)CCC(=O)NC(=S)Nc1cccc(C(=O)Nc2cccc(C)c2)c1. The van der Waals surface area contributed by atoms with Crippen molar-refractivity contribution in [1.82, 2.24) is 5.32 Å². The van der Waals surface area contributed by atoms with E-state index in [0.29, 0.717) is 16.9 Å². The number of amides is 2. The molecule has 0 radical (unpaired) electrons. The standard InChI is InChI=1S/C20H21N3O4S/c1-13-5-3-7-15(11-13)21-19(26)14-6-4-8-16(12-14)22-20(28)23-17(24)9-10-18(25)27-2/h3-8,11-12H,9-10H2,1-2H3,(H,21,26)(H2,22,23,24,28). The van der Waals surface area contributed by atoms with E-state index in [0.717, 1.165) is 5.56 Å². The van der Waals surface area contributed by atoms with Gasteiger partial charge in [-0.05, 0) is 55.0 Å². The summed E-state index contributed by atoms with van der Waals surface area (Å²) in [7, 11) is 1.26. The van der Waals surface area contributed by atoms with Crippen LogP contribution >= 0.6 is 12.2 Å². The molecule has 2 amide bonds. The van der Waals surface area contributed by atoms with Crippen molar-refractivity contribution in [3.05, 3.63) is 59.7 Å². The van der Waals surface area contributed by atoms with Crippen LogP contribution in [0.3, 0.4) is 0 Å². The molecule has 2 aromatic carbocycles. The van der Waals surface area contributed by atoms with Crippen LogP contribution in [0, 0.1) is 6.92 Å². The lowest BCUT2D eigenvalue weighted by Gasteiger charge is -2.11. The number of anilines is 2. The summed E-state index contributed by atoms with van der Waals surface area (Å²) >= 11 is 5.09. The van der Waals surface area contributed by atoms with Crippen LogP contribution in [0.4, 0.5) is 11.4 Å². The number of thiocarbonyl (C=S) groups is 1. The van der Waals surface area contributed by atoms with Crippen LogP contribution in [-0.4, -0.2) is 30.0 Å². The Morgan fingerprint density at radius 3 is 2.32 bits per heavy atom. The van der Waals surface area contributed by atoms with Gasteiger partial charge in [0.05, 0.1) is 13.5 Å². The van der Waals surface area contributed by atoms with Gasteiger partial charge in [0.2, 0.25) is 5.91 Å². The molecule has 7 nitrogen and oxygen atoms in total. The highest BCUT2D eigenvalue weighted by Gasteiger charge is 2.10. The molecule has 0 aliphatic heterocycles. The first-order chi connectivity index (χ1) is 13.4. The molecule has 0 aliphatic carbocycles. The Labute approximate surface area is 168 Å². The van der Waals surface area contributed by atoms with Crippen molar-refractivity contribution < 1.29 is 19.1 Å². The van der Waals surface area contributed by atoms with Crippen molar-refractivity contribution in [2.24, 2.45) is 0 Å². The number of rotatable bonds is 6. The summed E-state index contributed by atoms with van der Waals surface area (Å²) in [5.74, 6) is -1.14. The summed E-state index contributed by atoms with van der Waals surface area (Å²) < 4.78 is 4.48. The second kappa shape index (κ2) is 10.2. The van der Waals surface area contributed by atoms with E-state index in [1.54, 1.807) is 24.3 Å². The van der Waals surface area contributed by atoms with E-state index in [1.165, 1.54) is 7.11 Å². The van der Waals surface area contributed by atoms with Crippen LogP contribution in [0.15, 0.2) is 48.5 Å². The van der Waals surface area contributed by atoms with Gasteiger partial charge in [-0.25, -0.2) is 0 Å². The molecule has 0 unspecified atom stereocenters. The average molecular weight is 399 g/mol. The monoisotopic (exact) mass is 399 g/mol. The number of hydrogen-bond acceptors (Lipinski definition) is 5. The molecule has 3 N–H and O–H groups in total. The molecule has 146 valence electrons. The zero-order valence-electron chi connectivity index (χ0n) is 15.6. The quantitative estimate of drug-likeness (QED) is 0.510. The molecule has 8 heteroatoms. The summed E-state index contributed by atoms with van der Waals surface area (Å²) in [5, 5.41) is 8.23. The Kier molecular flexibility index (Phi) is 7.65. The zero-order valence-corrected chi connectivity index (χ0v) is 16.4. The molecular weight excluding hydrogens is 378 g/mol. The topological polar surface area (TPSA) is 96.5 Å². The van der Waals surface area contributed by atoms with Crippen molar-refractivity contribution in [2.45, 2.75) is 19.8 Å². The van der Waals surface area contributed by atoms with Gasteiger partial charge in [0, 0.05) is 23.4 Å².